The number of rotatable bonds is 2. The van der Waals surface area contributed by atoms with Crippen LogP contribution in [-0.2, 0) is 6.54 Å². The number of aryl methyl sites for hydroxylation is 1. The molecule has 1 atom stereocenters. The first-order valence-corrected chi connectivity index (χ1v) is 8.06. The lowest BCUT2D eigenvalue weighted by atomic mass is 10.0. The van der Waals surface area contributed by atoms with Gasteiger partial charge < -0.3 is 0 Å². The third kappa shape index (κ3) is 2.76. The summed E-state index contributed by atoms with van der Waals surface area (Å²) in [6, 6.07) is 0.814. The summed E-state index contributed by atoms with van der Waals surface area (Å²) in [6.07, 6.45) is 5.56. The van der Waals surface area contributed by atoms with Crippen LogP contribution in [0.3, 0.4) is 0 Å². The molecule has 1 aromatic heterocycles. The maximum atomic E-state index is 4.37. The first kappa shape index (κ1) is 12.6. The van der Waals surface area contributed by atoms with Gasteiger partial charge in [0.05, 0.1) is 11.2 Å². The Morgan fingerprint density at radius 3 is 3.00 bits per heavy atom. The molecule has 18 heavy (non-hydrogen) atoms. The van der Waals surface area contributed by atoms with E-state index in [9.17, 15) is 0 Å². The van der Waals surface area contributed by atoms with Crippen LogP contribution in [-0.4, -0.2) is 47.0 Å². The summed E-state index contributed by atoms with van der Waals surface area (Å²) in [5.41, 5.74) is 3.21. The molecule has 0 aliphatic carbocycles. The largest absolute Gasteiger partial charge is 0.299 e. The minimum absolute atomic E-state index is 0.814. The van der Waals surface area contributed by atoms with Crippen molar-refractivity contribution >= 4 is 11.3 Å². The molecular weight excluding hydrogens is 242 g/mol. The quantitative estimate of drug-likeness (QED) is 0.819. The highest BCUT2D eigenvalue weighted by Gasteiger charge is 2.27. The molecule has 4 heteroatoms. The van der Waals surface area contributed by atoms with E-state index in [1.807, 2.05) is 16.8 Å². The monoisotopic (exact) mass is 265 g/mol. The van der Waals surface area contributed by atoms with E-state index in [1.54, 1.807) is 0 Å². The van der Waals surface area contributed by atoms with Crippen molar-refractivity contribution in [2.75, 3.05) is 26.2 Å². The molecule has 1 aromatic rings. The van der Waals surface area contributed by atoms with E-state index in [2.05, 4.69) is 21.7 Å². The Labute approximate surface area is 114 Å². The number of hydrogen-bond acceptors (Lipinski definition) is 4. The fourth-order valence-electron chi connectivity index (χ4n) is 3.27. The summed E-state index contributed by atoms with van der Waals surface area (Å²) >= 11 is 1.81. The molecule has 0 amide bonds. The molecule has 0 bridgehead atoms. The molecule has 0 radical (unpaired) electrons. The predicted octanol–water partition coefficient (Wildman–Crippen LogP) is 2.51. The van der Waals surface area contributed by atoms with E-state index in [0.717, 1.165) is 12.6 Å². The Balaban J connectivity index is 1.64. The van der Waals surface area contributed by atoms with Crippen LogP contribution in [0.5, 0.6) is 0 Å². The first-order valence-electron chi connectivity index (χ1n) is 7.18. The molecule has 2 aliphatic heterocycles. The van der Waals surface area contributed by atoms with Crippen molar-refractivity contribution in [2.24, 2.45) is 0 Å². The van der Waals surface area contributed by atoms with Crippen molar-refractivity contribution < 1.29 is 0 Å². The van der Waals surface area contributed by atoms with Crippen molar-refractivity contribution in [2.45, 2.75) is 45.2 Å². The van der Waals surface area contributed by atoms with Gasteiger partial charge in [0.15, 0.2) is 0 Å². The molecular formula is C14H23N3S. The average Bonchev–Trinajstić information content (AvgIpc) is 2.66. The lowest BCUT2D eigenvalue weighted by Gasteiger charge is -2.35. The van der Waals surface area contributed by atoms with Crippen LogP contribution in [0.1, 0.15) is 36.3 Å². The Bertz CT molecular complexity index is 390. The number of aromatic nitrogens is 1. The lowest BCUT2D eigenvalue weighted by Crippen LogP contribution is -2.43. The van der Waals surface area contributed by atoms with E-state index >= 15 is 0 Å². The molecule has 0 saturated carbocycles. The van der Waals surface area contributed by atoms with Gasteiger partial charge >= 0.3 is 0 Å². The van der Waals surface area contributed by atoms with Crippen molar-refractivity contribution in [1.29, 1.82) is 0 Å². The van der Waals surface area contributed by atoms with Gasteiger partial charge in [-0.15, -0.1) is 11.3 Å². The smallest absolute Gasteiger partial charge is 0.0798 e. The van der Waals surface area contributed by atoms with E-state index < -0.39 is 0 Å². The molecule has 3 nitrogen and oxygen atoms in total. The molecule has 1 unspecified atom stereocenters. The molecule has 0 N–H and O–H groups in total. The van der Waals surface area contributed by atoms with E-state index in [-0.39, 0.29) is 0 Å². The van der Waals surface area contributed by atoms with E-state index in [1.165, 1.54) is 62.4 Å². The second kappa shape index (κ2) is 5.68. The van der Waals surface area contributed by atoms with Crippen LogP contribution in [0, 0.1) is 6.92 Å². The molecule has 2 fully saturated rings. The van der Waals surface area contributed by atoms with Crippen molar-refractivity contribution in [3.05, 3.63) is 16.1 Å². The molecule has 2 aliphatic rings. The summed E-state index contributed by atoms with van der Waals surface area (Å²) < 4.78 is 0. The third-order valence-corrected chi connectivity index (χ3v) is 5.27. The highest BCUT2D eigenvalue weighted by molar-refractivity contribution is 7.09. The number of thiazole rings is 1. The average molecular weight is 265 g/mol. The summed E-state index contributed by atoms with van der Waals surface area (Å²) in [4.78, 5) is 11.2. The van der Waals surface area contributed by atoms with Gasteiger partial charge in [0.25, 0.3) is 0 Å². The maximum Gasteiger partial charge on any atom is 0.0798 e. The van der Waals surface area contributed by atoms with Gasteiger partial charge in [0, 0.05) is 24.0 Å². The summed E-state index contributed by atoms with van der Waals surface area (Å²) in [5, 5.41) is 0. The SMILES string of the molecule is Cc1ncsc1CN1CCCN2CCCCC2C1. The van der Waals surface area contributed by atoms with Gasteiger partial charge in [-0.2, -0.15) is 0 Å². The van der Waals surface area contributed by atoms with Crippen LogP contribution in [0.2, 0.25) is 0 Å². The predicted molar refractivity (Wildman–Crippen MR) is 76.0 cm³/mol. The second-order valence-corrected chi connectivity index (χ2v) is 6.57. The molecule has 0 spiro atoms. The molecule has 2 saturated heterocycles. The standard InChI is InChI=1S/C14H23N3S/c1-12-14(18-11-15-12)10-16-6-4-8-17-7-3-2-5-13(17)9-16/h11,13H,2-10H2,1H3. The van der Waals surface area contributed by atoms with Crippen LogP contribution in [0.15, 0.2) is 5.51 Å². The van der Waals surface area contributed by atoms with Crippen LogP contribution >= 0.6 is 11.3 Å². The van der Waals surface area contributed by atoms with Gasteiger partial charge in [0.2, 0.25) is 0 Å². The minimum Gasteiger partial charge on any atom is -0.299 e. The zero-order chi connectivity index (χ0) is 12.4. The highest BCUT2D eigenvalue weighted by atomic mass is 32.1. The van der Waals surface area contributed by atoms with Gasteiger partial charge in [-0.3, -0.25) is 9.80 Å². The van der Waals surface area contributed by atoms with Crippen LogP contribution in [0.4, 0.5) is 0 Å². The van der Waals surface area contributed by atoms with E-state index in [0.29, 0.717) is 0 Å². The Kier molecular flexibility index (Phi) is 3.97. The fourth-order valence-corrected chi connectivity index (χ4v) is 4.09. The van der Waals surface area contributed by atoms with Crippen LogP contribution in [0.25, 0.3) is 0 Å². The van der Waals surface area contributed by atoms with Crippen molar-refractivity contribution in [3.63, 3.8) is 0 Å². The maximum absolute atomic E-state index is 4.37. The van der Waals surface area contributed by atoms with Gasteiger partial charge in [-0.25, -0.2) is 4.98 Å². The van der Waals surface area contributed by atoms with Crippen molar-refractivity contribution in [3.8, 4) is 0 Å². The van der Waals surface area contributed by atoms with Gasteiger partial charge in [-0.1, -0.05) is 6.42 Å². The highest BCUT2D eigenvalue weighted by Crippen LogP contribution is 2.23. The Hall–Kier alpha value is -0.450. The molecule has 100 valence electrons. The number of fused-ring (bicyclic) bond motifs is 1. The topological polar surface area (TPSA) is 19.4 Å². The lowest BCUT2D eigenvalue weighted by molar-refractivity contribution is 0.135. The third-order valence-electron chi connectivity index (χ3n) is 4.35. The zero-order valence-corrected chi connectivity index (χ0v) is 12.1. The summed E-state index contributed by atoms with van der Waals surface area (Å²) in [7, 11) is 0. The Morgan fingerprint density at radius 1 is 1.28 bits per heavy atom. The molecule has 0 aromatic carbocycles. The van der Waals surface area contributed by atoms with E-state index in [4.69, 9.17) is 0 Å². The second-order valence-electron chi connectivity index (χ2n) is 5.64. The van der Waals surface area contributed by atoms with Gasteiger partial charge in [0.1, 0.15) is 0 Å². The number of hydrogen-bond donors (Lipinski definition) is 0. The van der Waals surface area contributed by atoms with Gasteiger partial charge in [-0.05, 0) is 45.8 Å². The zero-order valence-electron chi connectivity index (χ0n) is 11.3. The number of piperidine rings is 1. The minimum atomic E-state index is 0.814. The number of nitrogens with zero attached hydrogens (tertiary/aromatic N) is 3. The van der Waals surface area contributed by atoms with Crippen molar-refractivity contribution in [1.82, 2.24) is 14.8 Å². The normalized spacial score (nSPS) is 26.8. The molecule has 3 rings (SSSR count). The molecule has 3 heterocycles. The Morgan fingerprint density at radius 2 is 2.17 bits per heavy atom. The summed E-state index contributed by atoms with van der Waals surface area (Å²) in [6.45, 7) is 8.40. The fraction of sp³-hybridized carbons (Fsp3) is 0.786. The summed E-state index contributed by atoms with van der Waals surface area (Å²) in [5.74, 6) is 0. The van der Waals surface area contributed by atoms with Crippen LogP contribution < -0.4 is 0 Å². The first-order chi connectivity index (χ1) is 8.83.